The van der Waals surface area contributed by atoms with Gasteiger partial charge in [-0.2, -0.15) is 0 Å². The van der Waals surface area contributed by atoms with Crippen LogP contribution in [0.15, 0.2) is 30.3 Å². The van der Waals surface area contributed by atoms with Gasteiger partial charge in [-0.3, -0.25) is 0 Å². The molecule has 1 saturated heterocycles. The van der Waals surface area contributed by atoms with E-state index < -0.39 is 0 Å². The minimum atomic E-state index is -0.369. The largest absolute Gasteiger partial charge is 0.491 e. The summed E-state index contributed by atoms with van der Waals surface area (Å²) in [5, 5.41) is 2.64. The minimum Gasteiger partial charge on any atom is -0.491 e. The Labute approximate surface area is 81.8 Å². The smallest absolute Gasteiger partial charge is 0.407 e. The fourth-order valence-corrected chi connectivity index (χ4v) is 1.23. The van der Waals surface area contributed by atoms with Gasteiger partial charge in [0, 0.05) is 0 Å². The van der Waals surface area contributed by atoms with Crippen LogP contribution in [0.4, 0.5) is 4.79 Å². The van der Waals surface area contributed by atoms with Crippen LogP contribution < -0.4 is 10.1 Å². The van der Waals surface area contributed by atoms with Gasteiger partial charge in [0.1, 0.15) is 25.0 Å². The second-order valence-corrected chi connectivity index (χ2v) is 3.06. The molecular formula is C10H11NO3. The van der Waals surface area contributed by atoms with E-state index in [0.717, 1.165) is 5.75 Å². The predicted molar refractivity (Wildman–Crippen MR) is 50.2 cm³/mol. The Morgan fingerprint density at radius 1 is 1.43 bits per heavy atom. The van der Waals surface area contributed by atoms with Crippen molar-refractivity contribution in [2.24, 2.45) is 0 Å². The van der Waals surface area contributed by atoms with Crippen LogP contribution in [-0.2, 0) is 4.74 Å². The number of benzene rings is 1. The van der Waals surface area contributed by atoms with Crippen LogP contribution in [0, 0.1) is 0 Å². The molecule has 0 unspecified atom stereocenters. The number of carbonyl (C=O) groups excluding carboxylic acids is 1. The molecule has 1 N–H and O–H groups in total. The first-order valence-electron chi connectivity index (χ1n) is 4.46. The van der Waals surface area contributed by atoms with Crippen molar-refractivity contribution < 1.29 is 14.3 Å². The molecule has 74 valence electrons. The number of hydrogen-bond donors (Lipinski definition) is 1. The summed E-state index contributed by atoms with van der Waals surface area (Å²) in [6, 6.07) is 9.43. The van der Waals surface area contributed by atoms with Crippen molar-refractivity contribution in [1.29, 1.82) is 0 Å². The molecule has 2 rings (SSSR count). The molecular weight excluding hydrogens is 182 g/mol. The second kappa shape index (κ2) is 4.00. The lowest BCUT2D eigenvalue weighted by molar-refractivity contribution is 0.174. The van der Waals surface area contributed by atoms with Gasteiger partial charge in [-0.15, -0.1) is 0 Å². The molecule has 1 aromatic rings. The fraction of sp³-hybridized carbons (Fsp3) is 0.300. The van der Waals surface area contributed by atoms with Crippen LogP contribution >= 0.6 is 0 Å². The van der Waals surface area contributed by atoms with E-state index in [1.165, 1.54) is 0 Å². The molecule has 1 heterocycles. The van der Waals surface area contributed by atoms with E-state index in [4.69, 9.17) is 9.47 Å². The lowest BCUT2D eigenvalue weighted by Gasteiger charge is -2.09. The molecule has 1 aromatic carbocycles. The Hall–Kier alpha value is -1.71. The summed E-state index contributed by atoms with van der Waals surface area (Å²) in [4.78, 5) is 10.7. The average Bonchev–Trinajstić information content (AvgIpc) is 2.63. The van der Waals surface area contributed by atoms with Gasteiger partial charge >= 0.3 is 6.09 Å². The third kappa shape index (κ3) is 2.16. The zero-order chi connectivity index (χ0) is 9.80. The summed E-state index contributed by atoms with van der Waals surface area (Å²) in [7, 11) is 0. The van der Waals surface area contributed by atoms with Crippen LogP contribution in [0.1, 0.15) is 0 Å². The van der Waals surface area contributed by atoms with E-state index in [1.807, 2.05) is 30.3 Å². The molecule has 0 radical (unpaired) electrons. The molecule has 1 fully saturated rings. The van der Waals surface area contributed by atoms with E-state index >= 15 is 0 Å². The van der Waals surface area contributed by atoms with Crippen molar-refractivity contribution in [3.8, 4) is 5.75 Å². The summed E-state index contributed by atoms with van der Waals surface area (Å²) in [6.45, 7) is 0.821. The number of rotatable bonds is 3. The molecule has 14 heavy (non-hydrogen) atoms. The fourth-order valence-electron chi connectivity index (χ4n) is 1.23. The third-order valence-corrected chi connectivity index (χ3v) is 1.93. The maximum Gasteiger partial charge on any atom is 0.407 e. The first-order valence-corrected chi connectivity index (χ1v) is 4.46. The van der Waals surface area contributed by atoms with E-state index in [9.17, 15) is 4.79 Å². The van der Waals surface area contributed by atoms with Crippen LogP contribution in [0.2, 0.25) is 0 Å². The van der Waals surface area contributed by atoms with Crippen LogP contribution in [0.25, 0.3) is 0 Å². The standard InChI is InChI=1S/C10H11NO3/c12-10-11-8(7-14-10)6-13-9-4-2-1-3-5-9/h1-5,8H,6-7H2,(H,11,12)/t8-/m1/s1. The number of hydrogen-bond acceptors (Lipinski definition) is 3. The number of amides is 1. The molecule has 0 bridgehead atoms. The Balaban J connectivity index is 1.80. The summed E-state index contributed by atoms with van der Waals surface area (Å²) in [5.41, 5.74) is 0. The zero-order valence-electron chi connectivity index (χ0n) is 7.60. The highest BCUT2D eigenvalue weighted by atomic mass is 16.6. The maximum atomic E-state index is 10.7. The molecule has 1 aliphatic heterocycles. The van der Waals surface area contributed by atoms with E-state index in [2.05, 4.69) is 5.32 Å². The second-order valence-electron chi connectivity index (χ2n) is 3.06. The quantitative estimate of drug-likeness (QED) is 0.784. The molecule has 0 aromatic heterocycles. The number of alkyl carbamates (subject to hydrolysis) is 1. The van der Waals surface area contributed by atoms with Crippen molar-refractivity contribution in [3.05, 3.63) is 30.3 Å². The molecule has 4 heteroatoms. The van der Waals surface area contributed by atoms with Crippen molar-refractivity contribution in [3.63, 3.8) is 0 Å². The number of carbonyl (C=O) groups is 1. The highest BCUT2D eigenvalue weighted by molar-refractivity contribution is 5.69. The van der Waals surface area contributed by atoms with Crippen LogP contribution in [0.5, 0.6) is 5.75 Å². The monoisotopic (exact) mass is 193 g/mol. The molecule has 0 saturated carbocycles. The van der Waals surface area contributed by atoms with Crippen LogP contribution in [0.3, 0.4) is 0 Å². The molecule has 4 nitrogen and oxygen atoms in total. The highest BCUT2D eigenvalue weighted by Gasteiger charge is 2.22. The summed E-state index contributed by atoms with van der Waals surface area (Å²) in [6.07, 6.45) is -0.369. The Kier molecular flexibility index (Phi) is 2.53. The van der Waals surface area contributed by atoms with Crippen molar-refractivity contribution >= 4 is 6.09 Å². The molecule has 1 atom stereocenters. The van der Waals surface area contributed by atoms with Gasteiger partial charge < -0.3 is 14.8 Å². The maximum absolute atomic E-state index is 10.7. The van der Waals surface area contributed by atoms with Gasteiger partial charge in [-0.25, -0.2) is 4.79 Å². The first-order chi connectivity index (χ1) is 6.84. The lowest BCUT2D eigenvalue weighted by Crippen LogP contribution is -2.32. The average molecular weight is 193 g/mol. The first kappa shape index (κ1) is 8.87. The van der Waals surface area contributed by atoms with Gasteiger partial charge in [0.25, 0.3) is 0 Å². The molecule has 0 aliphatic carbocycles. The van der Waals surface area contributed by atoms with Crippen LogP contribution in [-0.4, -0.2) is 25.3 Å². The third-order valence-electron chi connectivity index (χ3n) is 1.93. The summed E-state index contributed by atoms with van der Waals surface area (Å²) < 4.78 is 10.2. The zero-order valence-corrected chi connectivity index (χ0v) is 7.60. The summed E-state index contributed by atoms with van der Waals surface area (Å²) in [5.74, 6) is 0.800. The van der Waals surface area contributed by atoms with Gasteiger partial charge in [0.2, 0.25) is 0 Å². The van der Waals surface area contributed by atoms with E-state index in [-0.39, 0.29) is 12.1 Å². The number of cyclic esters (lactones) is 1. The number of nitrogens with one attached hydrogen (secondary N) is 1. The van der Waals surface area contributed by atoms with E-state index in [1.54, 1.807) is 0 Å². The normalized spacial score (nSPS) is 20.0. The molecule has 1 amide bonds. The SMILES string of the molecule is O=C1N[C@H](COc2ccccc2)CO1. The lowest BCUT2D eigenvalue weighted by atomic mass is 10.3. The van der Waals surface area contributed by atoms with Crippen molar-refractivity contribution in [2.75, 3.05) is 13.2 Å². The van der Waals surface area contributed by atoms with Gasteiger partial charge in [-0.1, -0.05) is 18.2 Å². The Morgan fingerprint density at radius 3 is 2.86 bits per heavy atom. The predicted octanol–water partition coefficient (Wildman–Crippen LogP) is 1.17. The molecule has 0 spiro atoms. The Bertz CT molecular complexity index is 312. The highest BCUT2D eigenvalue weighted by Crippen LogP contribution is 2.09. The van der Waals surface area contributed by atoms with E-state index in [0.29, 0.717) is 13.2 Å². The number of ether oxygens (including phenoxy) is 2. The van der Waals surface area contributed by atoms with Gasteiger partial charge in [0.05, 0.1) is 0 Å². The topological polar surface area (TPSA) is 47.6 Å². The molecule has 1 aliphatic rings. The van der Waals surface area contributed by atoms with Crippen molar-refractivity contribution in [1.82, 2.24) is 5.32 Å². The minimum absolute atomic E-state index is 0.0392. The van der Waals surface area contributed by atoms with Gasteiger partial charge in [0.15, 0.2) is 0 Å². The number of para-hydroxylation sites is 1. The van der Waals surface area contributed by atoms with Crippen molar-refractivity contribution in [2.45, 2.75) is 6.04 Å². The van der Waals surface area contributed by atoms with Gasteiger partial charge in [-0.05, 0) is 12.1 Å². The summed E-state index contributed by atoms with van der Waals surface area (Å²) >= 11 is 0. The Morgan fingerprint density at radius 2 is 2.21 bits per heavy atom.